The van der Waals surface area contributed by atoms with Gasteiger partial charge in [0.1, 0.15) is 0 Å². The van der Waals surface area contributed by atoms with E-state index in [0.717, 1.165) is 5.39 Å². The molecule has 0 spiro atoms. The molecule has 1 heteroatoms. The highest BCUT2D eigenvalue weighted by molar-refractivity contribution is 6.22. The van der Waals surface area contributed by atoms with Gasteiger partial charge >= 0.3 is 0 Å². The van der Waals surface area contributed by atoms with E-state index in [0.29, 0.717) is 0 Å². The third kappa shape index (κ3) is 4.94. The Bertz CT molecular complexity index is 2570. The van der Waals surface area contributed by atoms with Gasteiger partial charge in [0.2, 0.25) is 0 Å². The first-order valence-corrected chi connectivity index (χ1v) is 16.4. The maximum atomic E-state index is 4.66. The van der Waals surface area contributed by atoms with Crippen molar-refractivity contribution in [3.8, 4) is 55.6 Å². The molecule has 9 aromatic rings. The van der Waals surface area contributed by atoms with Crippen LogP contribution in [0.15, 0.2) is 188 Å². The van der Waals surface area contributed by atoms with E-state index in [1.54, 1.807) is 0 Å². The van der Waals surface area contributed by atoms with Crippen LogP contribution in [0, 0.1) is 0 Å². The van der Waals surface area contributed by atoms with E-state index in [4.69, 9.17) is 0 Å². The average molecular weight is 610 g/mol. The first-order valence-electron chi connectivity index (χ1n) is 16.4. The summed E-state index contributed by atoms with van der Waals surface area (Å²) in [5, 5.41) is 7.28. The summed E-state index contributed by atoms with van der Waals surface area (Å²) in [6.45, 7) is 0. The average Bonchev–Trinajstić information content (AvgIpc) is 3.17. The summed E-state index contributed by atoms with van der Waals surface area (Å²) >= 11 is 0. The molecule has 9 rings (SSSR count). The van der Waals surface area contributed by atoms with E-state index < -0.39 is 0 Å². The van der Waals surface area contributed by atoms with E-state index in [-0.39, 0.29) is 0 Å². The second kappa shape index (κ2) is 11.8. The maximum Gasteiger partial charge on any atom is 0.0353 e. The molecule has 0 fully saturated rings. The first-order chi connectivity index (χ1) is 23.8. The van der Waals surface area contributed by atoms with Gasteiger partial charge in [-0.25, -0.2) is 0 Å². The Morgan fingerprint density at radius 1 is 0.271 bits per heavy atom. The van der Waals surface area contributed by atoms with Gasteiger partial charge < -0.3 is 0 Å². The van der Waals surface area contributed by atoms with Gasteiger partial charge in [-0.05, 0) is 101 Å². The van der Waals surface area contributed by atoms with Gasteiger partial charge in [0, 0.05) is 17.8 Å². The SMILES string of the molecule is c1ccc(-c2ccc(-c3ccc4c(-c5ccc6ccccc6c5)c5cnccc5c(-c5ccc(-c6ccccc6)cc5)c4c3)cc2)cc1. The van der Waals surface area contributed by atoms with Crippen molar-refractivity contribution < 1.29 is 0 Å². The summed E-state index contributed by atoms with van der Waals surface area (Å²) in [4.78, 5) is 4.66. The maximum absolute atomic E-state index is 4.66. The van der Waals surface area contributed by atoms with Crippen molar-refractivity contribution in [1.82, 2.24) is 4.98 Å². The van der Waals surface area contributed by atoms with Gasteiger partial charge in [-0.1, -0.05) is 158 Å². The summed E-state index contributed by atoms with van der Waals surface area (Å²) in [7, 11) is 0. The van der Waals surface area contributed by atoms with Crippen molar-refractivity contribution in [3.05, 3.63) is 188 Å². The van der Waals surface area contributed by atoms with E-state index in [1.807, 2.05) is 12.4 Å². The van der Waals surface area contributed by atoms with Crippen LogP contribution < -0.4 is 0 Å². The second-order valence-corrected chi connectivity index (χ2v) is 12.4. The van der Waals surface area contributed by atoms with Gasteiger partial charge in [-0.3, -0.25) is 4.98 Å². The topological polar surface area (TPSA) is 12.9 Å². The standard InChI is InChI=1S/C47H31N/c1-3-9-32(10-4-1)35-15-17-37(18-16-35)40-25-26-42-44(30-40)46(38-22-19-36(20-23-38)33-11-5-2-6-12-33)43-27-28-48-31-45(43)47(42)41-24-21-34-13-7-8-14-39(34)29-41/h1-31H. The zero-order valence-electron chi connectivity index (χ0n) is 26.3. The predicted molar refractivity (Wildman–Crippen MR) is 204 cm³/mol. The van der Waals surface area contributed by atoms with Crippen molar-refractivity contribution in [2.75, 3.05) is 0 Å². The summed E-state index contributed by atoms with van der Waals surface area (Å²) < 4.78 is 0. The lowest BCUT2D eigenvalue weighted by molar-refractivity contribution is 1.37. The van der Waals surface area contributed by atoms with Gasteiger partial charge in [0.05, 0.1) is 0 Å². The van der Waals surface area contributed by atoms with E-state index in [9.17, 15) is 0 Å². The smallest absolute Gasteiger partial charge is 0.0353 e. The Kier molecular flexibility index (Phi) is 6.87. The van der Waals surface area contributed by atoms with E-state index in [2.05, 4.69) is 181 Å². The molecule has 0 N–H and O–H groups in total. The minimum atomic E-state index is 1.15. The van der Waals surface area contributed by atoms with E-state index >= 15 is 0 Å². The van der Waals surface area contributed by atoms with Crippen LogP contribution in [-0.2, 0) is 0 Å². The molecule has 0 radical (unpaired) electrons. The molecule has 0 unspecified atom stereocenters. The molecule has 1 heterocycles. The zero-order chi connectivity index (χ0) is 31.9. The highest BCUT2D eigenvalue weighted by Crippen LogP contribution is 2.45. The number of benzene rings is 8. The quantitative estimate of drug-likeness (QED) is 0.177. The molecule has 0 atom stereocenters. The van der Waals surface area contributed by atoms with Crippen molar-refractivity contribution in [1.29, 1.82) is 0 Å². The molecule has 0 amide bonds. The summed E-state index contributed by atoms with van der Waals surface area (Å²) in [6.07, 6.45) is 3.96. The second-order valence-electron chi connectivity index (χ2n) is 12.4. The van der Waals surface area contributed by atoms with Gasteiger partial charge in [-0.2, -0.15) is 0 Å². The lowest BCUT2D eigenvalue weighted by atomic mass is 9.85. The van der Waals surface area contributed by atoms with Crippen LogP contribution in [-0.4, -0.2) is 4.98 Å². The Hall–Kier alpha value is -6.31. The highest BCUT2D eigenvalue weighted by Gasteiger charge is 2.18. The highest BCUT2D eigenvalue weighted by atomic mass is 14.6. The number of nitrogens with zero attached hydrogens (tertiary/aromatic N) is 1. The largest absolute Gasteiger partial charge is 0.264 e. The third-order valence-electron chi connectivity index (χ3n) is 9.56. The van der Waals surface area contributed by atoms with Crippen molar-refractivity contribution in [2.24, 2.45) is 0 Å². The lowest BCUT2D eigenvalue weighted by Crippen LogP contribution is -1.93. The Balaban J connectivity index is 1.29. The number of aromatic nitrogens is 1. The summed E-state index contributed by atoms with van der Waals surface area (Å²) in [6, 6.07) is 63.7. The summed E-state index contributed by atoms with van der Waals surface area (Å²) in [5.41, 5.74) is 12.1. The molecule has 0 aliphatic rings. The molecular weight excluding hydrogens is 579 g/mol. The molecule has 48 heavy (non-hydrogen) atoms. The molecule has 1 aromatic heterocycles. The normalized spacial score (nSPS) is 11.3. The Morgan fingerprint density at radius 3 is 1.42 bits per heavy atom. The zero-order valence-corrected chi connectivity index (χ0v) is 26.3. The van der Waals surface area contributed by atoms with Crippen molar-refractivity contribution >= 4 is 32.3 Å². The number of fused-ring (bicyclic) bond motifs is 3. The molecule has 0 aliphatic heterocycles. The fraction of sp³-hybridized carbons (Fsp3) is 0. The molecule has 224 valence electrons. The van der Waals surface area contributed by atoms with Crippen LogP contribution in [0.1, 0.15) is 0 Å². The van der Waals surface area contributed by atoms with Crippen molar-refractivity contribution in [3.63, 3.8) is 0 Å². The fourth-order valence-corrected chi connectivity index (χ4v) is 7.16. The van der Waals surface area contributed by atoms with Crippen LogP contribution in [0.4, 0.5) is 0 Å². The first kappa shape index (κ1) is 28.0. The lowest BCUT2D eigenvalue weighted by Gasteiger charge is -2.19. The van der Waals surface area contributed by atoms with Gasteiger partial charge in [0.25, 0.3) is 0 Å². The molecule has 0 bridgehead atoms. The molecule has 1 nitrogen and oxygen atoms in total. The van der Waals surface area contributed by atoms with E-state index in [1.165, 1.54) is 82.6 Å². The van der Waals surface area contributed by atoms with Gasteiger partial charge in [0.15, 0.2) is 0 Å². The summed E-state index contributed by atoms with van der Waals surface area (Å²) in [5.74, 6) is 0. The number of rotatable bonds is 5. The molecule has 0 saturated heterocycles. The number of pyridine rings is 1. The van der Waals surface area contributed by atoms with Crippen molar-refractivity contribution in [2.45, 2.75) is 0 Å². The van der Waals surface area contributed by atoms with Crippen LogP contribution in [0.25, 0.3) is 88.0 Å². The van der Waals surface area contributed by atoms with Crippen LogP contribution >= 0.6 is 0 Å². The predicted octanol–water partition coefficient (Wildman–Crippen LogP) is 12.9. The Morgan fingerprint density at radius 2 is 0.750 bits per heavy atom. The molecular formula is C47H31N. The molecule has 0 saturated carbocycles. The third-order valence-corrected chi connectivity index (χ3v) is 9.56. The van der Waals surface area contributed by atoms with Crippen LogP contribution in [0.2, 0.25) is 0 Å². The monoisotopic (exact) mass is 609 g/mol. The fourth-order valence-electron chi connectivity index (χ4n) is 7.16. The van der Waals surface area contributed by atoms with Crippen LogP contribution in [0.5, 0.6) is 0 Å². The minimum Gasteiger partial charge on any atom is -0.264 e. The number of hydrogen-bond acceptors (Lipinski definition) is 1. The van der Waals surface area contributed by atoms with Crippen LogP contribution in [0.3, 0.4) is 0 Å². The Labute approximate surface area is 280 Å². The number of hydrogen-bond donors (Lipinski definition) is 0. The van der Waals surface area contributed by atoms with Gasteiger partial charge in [-0.15, -0.1) is 0 Å². The molecule has 8 aromatic carbocycles. The minimum absolute atomic E-state index is 1.15. The molecule has 0 aliphatic carbocycles.